The van der Waals surface area contributed by atoms with Gasteiger partial charge in [0.2, 0.25) is 0 Å². The van der Waals surface area contributed by atoms with Gasteiger partial charge in [-0.1, -0.05) is 6.42 Å². The number of hydrogen-bond acceptors (Lipinski definition) is 4. The zero-order chi connectivity index (χ0) is 14.5. The lowest BCUT2D eigenvalue weighted by atomic mass is 9.95. The van der Waals surface area contributed by atoms with E-state index < -0.39 is 5.97 Å². The maximum Gasteiger partial charge on any atom is 0.354 e. The molecule has 0 saturated heterocycles. The number of rotatable bonds is 4. The summed E-state index contributed by atoms with van der Waals surface area (Å²) in [7, 11) is 0. The van der Waals surface area contributed by atoms with Gasteiger partial charge in [-0.3, -0.25) is 4.79 Å². The summed E-state index contributed by atoms with van der Waals surface area (Å²) >= 11 is 1.85. The summed E-state index contributed by atoms with van der Waals surface area (Å²) in [5.41, 5.74) is 0.350. The quantitative estimate of drug-likeness (QED) is 0.890. The van der Waals surface area contributed by atoms with Crippen LogP contribution in [0, 0.1) is 0 Å². The van der Waals surface area contributed by atoms with Gasteiger partial charge in [0, 0.05) is 17.5 Å². The molecule has 0 spiro atoms. The zero-order valence-corrected chi connectivity index (χ0v) is 12.2. The molecule has 0 aromatic carbocycles. The van der Waals surface area contributed by atoms with Gasteiger partial charge in [0.25, 0.3) is 5.91 Å². The first kappa shape index (κ1) is 14.8. The Morgan fingerprint density at radius 3 is 2.80 bits per heavy atom. The zero-order valence-electron chi connectivity index (χ0n) is 11.3. The highest BCUT2D eigenvalue weighted by atomic mass is 32.2. The van der Waals surface area contributed by atoms with Gasteiger partial charge in [-0.05, 0) is 37.7 Å². The molecule has 2 atom stereocenters. The largest absolute Gasteiger partial charge is 0.477 e. The average Bonchev–Trinajstić information content (AvgIpc) is 2.47. The third-order valence-corrected chi connectivity index (χ3v) is 4.63. The fraction of sp³-hybridized carbons (Fsp3) is 0.500. The molecule has 0 bridgehead atoms. The summed E-state index contributed by atoms with van der Waals surface area (Å²) in [6.45, 7) is 0. The van der Waals surface area contributed by atoms with E-state index in [1.54, 1.807) is 0 Å². The number of pyridine rings is 1. The van der Waals surface area contributed by atoms with Gasteiger partial charge in [0.05, 0.1) is 5.56 Å². The Bertz CT molecular complexity index is 490. The van der Waals surface area contributed by atoms with Gasteiger partial charge in [-0.15, -0.1) is 0 Å². The molecule has 0 aliphatic heterocycles. The summed E-state index contributed by atoms with van der Waals surface area (Å²) in [6.07, 6.45) is 7.75. The highest BCUT2D eigenvalue weighted by Crippen LogP contribution is 2.27. The molecule has 1 aromatic rings. The van der Waals surface area contributed by atoms with Crippen molar-refractivity contribution >= 4 is 23.6 Å². The normalized spacial score (nSPS) is 22.2. The molecular formula is C14H18N2O3S. The number of thioether (sulfide) groups is 1. The fourth-order valence-corrected chi connectivity index (χ4v) is 3.24. The van der Waals surface area contributed by atoms with E-state index in [0.29, 0.717) is 10.8 Å². The highest BCUT2D eigenvalue weighted by Gasteiger charge is 2.23. The van der Waals surface area contributed by atoms with Gasteiger partial charge in [0.1, 0.15) is 5.69 Å². The Hall–Kier alpha value is -1.56. The fourth-order valence-electron chi connectivity index (χ4n) is 2.41. The molecule has 108 valence electrons. The molecule has 1 heterocycles. The number of carbonyl (C=O) groups excluding carboxylic acids is 1. The Balaban J connectivity index is 1.95. The van der Waals surface area contributed by atoms with E-state index in [2.05, 4.69) is 16.6 Å². The minimum Gasteiger partial charge on any atom is -0.477 e. The number of aromatic nitrogens is 1. The Labute approximate surface area is 122 Å². The first-order valence-electron chi connectivity index (χ1n) is 6.63. The van der Waals surface area contributed by atoms with Crippen molar-refractivity contribution < 1.29 is 14.7 Å². The molecule has 0 radical (unpaired) electrons. The van der Waals surface area contributed by atoms with E-state index in [1.165, 1.54) is 24.8 Å². The SMILES string of the molecule is CS[C@@H]1CCC[C@@H](NC(=O)c2ccc(C(=O)O)nc2)C1. The monoisotopic (exact) mass is 294 g/mol. The second-order valence-corrected chi connectivity index (χ2v) is 6.07. The molecule has 5 nitrogen and oxygen atoms in total. The molecule has 1 fully saturated rings. The van der Waals surface area contributed by atoms with Crippen LogP contribution < -0.4 is 5.32 Å². The molecule has 1 amide bonds. The second-order valence-electron chi connectivity index (χ2n) is 4.93. The van der Waals surface area contributed by atoms with Crippen molar-refractivity contribution in [1.29, 1.82) is 0 Å². The molecule has 2 rings (SSSR count). The molecular weight excluding hydrogens is 276 g/mol. The van der Waals surface area contributed by atoms with Crippen LogP contribution in [0.15, 0.2) is 18.3 Å². The van der Waals surface area contributed by atoms with Crippen LogP contribution in [0.25, 0.3) is 0 Å². The van der Waals surface area contributed by atoms with E-state index in [-0.39, 0.29) is 17.6 Å². The van der Waals surface area contributed by atoms with Crippen LogP contribution in [0.4, 0.5) is 0 Å². The van der Waals surface area contributed by atoms with Gasteiger partial charge >= 0.3 is 5.97 Å². The molecule has 20 heavy (non-hydrogen) atoms. The van der Waals surface area contributed by atoms with Crippen molar-refractivity contribution in [3.63, 3.8) is 0 Å². The van der Waals surface area contributed by atoms with Crippen molar-refractivity contribution in [2.24, 2.45) is 0 Å². The Morgan fingerprint density at radius 2 is 2.20 bits per heavy atom. The van der Waals surface area contributed by atoms with Crippen molar-refractivity contribution in [1.82, 2.24) is 10.3 Å². The van der Waals surface area contributed by atoms with E-state index in [4.69, 9.17) is 5.11 Å². The van der Waals surface area contributed by atoms with Crippen LogP contribution in [0.1, 0.15) is 46.5 Å². The minimum absolute atomic E-state index is 0.0540. The molecule has 6 heteroatoms. The number of hydrogen-bond donors (Lipinski definition) is 2. The molecule has 1 aromatic heterocycles. The number of carbonyl (C=O) groups is 2. The maximum atomic E-state index is 12.1. The van der Waals surface area contributed by atoms with Crippen molar-refractivity contribution in [2.45, 2.75) is 37.0 Å². The number of nitrogens with one attached hydrogen (secondary N) is 1. The lowest BCUT2D eigenvalue weighted by molar-refractivity contribution is 0.0689. The standard InChI is InChI=1S/C14H18N2O3S/c1-20-11-4-2-3-10(7-11)16-13(17)9-5-6-12(14(18)19)15-8-9/h5-6,8,10-11H,2-4,7H2,1H3,(H,16,17)(H,18,19)/t10-,11-/m1/s1. The summed E-state index contributed by atoms with van der Waals surface area (Å²) < 4.78 is 0. The number of amides is 1. The van der Waals surface area contributed by atoms with Crippen molar-refractivity contribution in [3.05, 3.63) is 29.6 Å². The van der Waals surface area contributed by atoms with E-state index >= 15 is 0 Å². The summed E-state index contributed by atoms with van der Waals surface area (Å²) in [6, 6.07) is 3.05. The summed E-state index contributed by atoms with van der Waals surface area (Å²) in [4.78, 5) is 26.5. The highest BCUT2D eigenvalue weighted by molar-refractivity contribution is 7.99. The Kier molecular flexibility index (Phi) is 5.00. The summed E-state index contributed by atoms with van der Waals surface area (Å²) in [5.74, 6) is -1.27. The lowest BCUT2D eigenvalue weighted by Gasteiger charge is -2.28. The van der Waals surface area contributed by atoms with Crippen molar-refractivity contribution in [3.8, 4) is 0 Å². The molecule has 1 saturated carbocycles. The first-order valence-corrected chi connectivity index (χ1v) is 7.92. The van der Waals surface area contributed by atoms with Crippen LogP contribution >= 0.6 is 11.8 Å². The third kappa shape index (κ3) is 3.72. The number of aromatic carboxylic acids is 1. The molecule has 2 N–H and O–H groups in total. The number of carboxylic acids is 1. The first-order chi connectivity index (χ1) is 9.60. The van der Waals surface area contributed by atoms with Gasteiger partial charge < -0.3 is 10.4 Å². The smallest absolute Gasteiger partial charge is 0.354 e. The van der Waals surface area contributed by atoms with Gasteiger partial charge in [0.15, 0.2) is 0 Å². The van der Waals surface area contributed by atoms with Gasteiger partial charge in [-0.25, -0.2) is 9.78 Å². The van der Waals surface area contributed by atoms with Crippen LogP contribution in [-0.4, -0.2) is 39.5 Å². The minimum atomic E-state index is -1.09. The van der Waals surface area contributed by atoms with Crippen molar-refractivity contribution in [2.75, 3.05) is 6.26 Å². The van der Waals surface area contributed by atoms with Crippen LogP contribution in [0.2, 0.25) is 0 Å². The molecule has 1 aliphatic carbocycles. The topological polar surface area (TPSA) is 79.3 Å². The predicted octanol–water partition coefficient (Wildman–Crippen LogP) is 2.18. The maximum absolute atomic E-state index is 12.1. The molecule has 0 unspecified atom stereocenters. The van der Waals surface area contributed by atoms with Crippen LogP contribution in [0.5, 0.6) is 0 Å². The molecule has 1 aliphatic rings. The number of nitrogens with zero attached hydrogens (tertiary/aromatic N) is 1. The van der Waals surface area contributed by atoms with E-state index in [9.17, 15) is 9.59 Å². The van der Waals surface area contributed by atoms with Crippen LogP contribution in [0.3, 0.4) is 0 Å². The van der Waals surface area contributed by atoms with E-state index in [1.807, 2.05) is 11.8 Å². The van der Waals surface area contributed by atoms with Gasteiger partial charge in [-0.2, -0.15) is 11.8 Å². The predicted molar refractivity (Wildman–Crippen MR) is 78.2 cm³/mol. The second kappa shape index (κ2) is 6.74. The van der Waals surface area contributed by atoms with Crippen LogP contribution in [-0.2, 0) is 0 Å². The average molecular weight is 294 g/mol. The lowest BCUT2D eigenvalue weighted by Crippen LogP contribution is -2.39. The third-order valence-electron chi connectivity index (χ3n) is 3.54. The van der Waals surface area contributed by atoms with E-state index in [0.717, 1.165) is 19.3 Å². The summed E-state index contributed by atoms with van der Waals surface area (Å²) in [5, 5.41) is 12.4. The number of carboxylic acid groups (broad SMARTS) is 1. The Morgan fingerprint density at radius 1 is 1.40 bits per heavy atom.